The molecule has 268 valence electrons. The molecule has 3 amide bonds. The lowest BCUT2D eigenvalue weighted by Crippen LogP contribution is -2.63. The molecule has 4 heterocycles. The van der Waals surface area contributed by atoms with Gasteiger partial charge < -0.3 is 29.7 Å². The average molecular weight is 743 g/mol. The Bertz CT molecular complexity index is 1490. The second-order valence-corrected chi connectivity index (χ2v) is 16.8. The number of aliphatic hydroxyl groups excluding tert-OH is 1. The quantitative estimate of drug-likeness (QED) is 0.296. The van der Waals surface area contributed by atoms with Gasteiger partial charge in [-0.05, 0) is 49.7 Å². The first-order valence-corrected chi connectivity index (χ1v) is 18.3. The number of nitrogens with one attached hydrogen (secondary N) is 1. The summed E-state index contributed by atoms with van der Waals surface area (Å²) in [5.74, 6) is -3.65. The number of aliphatic hydroxyl groups is 1. The Labute approximate surface area is 298 Å². The molecular formula is C38H52BrN3O7. The molecule has 8 atom stereocenters. The van der Waals surface area contributed by atoms with Gasteiger partial charge in [-0.15, -0.1) is 0 Å². The van der Waals surface area contributed by atoms with Crippen LogP contribution >= 0.6 is 15.9 Å². The van der Waals surface area contributed by atoms with Crippen LogP contribution < -0.4 is 5.32 Å². The number of hydrogen-bond acceptors (Lipinski definition) is 7. The van der Waals surface area contributed by atoms with Crippen LogP contribution in [0.15, 0.2) is 53.0 Å². The number of carbonyl (C=O) groups excluding carboxylic acids is 4. The van der Waals surface area contributed by atoms with Crippen molar-refractivity contribution >= 4 is 39.6 Å². The van der Waals surface area contributed by atoms with E-state index in [0.29, 0.717) is 23.7 Å². The van der Waals surface area contributed by atoms with Crippen molar-refractivity contribution in [2.45, 2.75) is 110 Å². The number of amides is 3. The van der Waals surface area contributed by atoms with Gasteiger partial charge >= 0.3 is 5.97 Å². The smallest absolute Gasteiger partial charge is 0.306 e. The number of rotatable bonds is 7. The fourth-order valence-corrected chi connectivity index (χ4v) is 9.24. The summed E-state index contributed by atoms with van der Waals surface area (Å²) in [4.78, 5) is 60.8. The van der Waals surface area contributed by atoms with E-state index in [1.54, 1.807) is 9.80 Å². The van der Waals surface area contributed by atoms with E-state index >= 15 is 4.79 Å². The van der Waals surface area contributed by atoms with Crippen molar-refractivity contribution in [2.75, 3.05) is 19.8 Å². The van der Waals surface area contributed by atoms with Crippen molar-refractivity contribution in [1.82, 2.24) is 15.1 Å². The largest absolute Gasteiger partial charge is 0.463 e. The Morgan fingerprint density at radius 2 is 1.76 bits per heavy atom. The number of ether oxygens (including phenoxy) is 2. The van der Waals surface area contributed by atoms with Crippen LogP contribution in [-0.4, -0.2) is 87.7 Å². The first-order valence-electron chi connectivity index (χ1n) is 17.5. The van der Waals surface area contributed by atoms with E-state index in [-0.39, 0.29) is 49.3 Å². The zero-order chi connectivity index (χ0) is 35.9. The molecule has 2 fully saturated rings. The Morgan fingerprint density at radius 1 is 1.06 bits per heavy atom. The summed E-state index contributed by atoms with van der Waals surface area (Å²) in [6, 6.07) is 6.78. The van der Waals surface area contributed by atoms with Crippen molar-refractivity contribution in [2.24, 2.45) is 23.2 Å². The molecule has 0 unspecified atom stereocenters. The Morgan fingerprint density at radius 3 is 2.39 bits per heavy atom. The minimum atomic E-state index is -1.44. The van der Waals surface area contributed by atoms with Crippen molar-refractivity contribution in [3.63, 3.8) is 0 Å². The first-order chi connectivity index (χ1) is 23.1. The highest BCUT2D eigenvalue weighted by Crippen LogP contribution is 2.59. The summed E-state index contributed by atoms with van der Waals surface area (Å²) in [5.41, 5.74) is -1.49. The van der Waals surface area contributed by atoms with Crippen LogP contribution in [0.5, 0.6) is 0 Å². The number of benzene rings is 1. The van der Waals surface area contributed by atoms with Gasteiger partial charge in [-0.1, -0.05) is 99.5 Å². The summed E-state index contributed by atoms with van der Waals surface area (Å²) in [7, 11) is 0. The van der Waals surface area contributed by atoms with Gasteiger partial charge in [0.05, 0.1) is 30.5 Å². The number of fused-ring (bicyclic) bond motifs is 2. The van der Waals surface area contributed by atoms with E-state index < -0.39 is 59.1 Å². The predicted molar refractivity (Wildman–Crippen MR) is 189 cm³/mol. The Balaban J connectivity index is 1.67. The van der Waals surface area contributed by atoms with Crippen LogP contribution in [0.3, 0.4) is 0 Å². The van der Waals surface area contributed by atoms with Gasteiger partial charge in [0.15, 0.2) is 0 Å². The molecule has 10 nitrogen and oxygen atoms in total. The lowest BCUT2D eigenvalue weighted by atomic mass is 9.73. The van der Waals surface area contributed by atoms with Gasteiger partial charge in [-0.25, -0.2) is 0 Å². The molecule has 0 aliphatic carbocycles. The molecule has 1 aromatic rings. The van der Waals surface area contributed by atoms with Gasteiger partial charge in [0.2, 0.25) is 17.7 Å². The van der Waals surface area contributed by atoms with E-state index in [4.69, 9.17) is 9.47 Å². The van der Waals surface area contributed by atoms with Crippen LogP contribution in [-0.2, 0) is 28.7 Å². The minimum absolute atomic E-state index is 0.0834. The van der Waals surface area contributed by atoms with Gasteiger partial charge in [-0.3, -0.25) is 19.2 Å². The molecule has 49 heavy (non-hydrogen) atoms. The monoisotopic (exact) mass is 741 g/mol. The molecule has 0 aromatic heterocycles. The summed E-state index contributed by atoms with van der Waals surface area (Å²) in [5, 5.41) is 13.9. The molecule has 0 saturated carbocycles. The fraction of sp³-hybridized carbons (Fsp3) is 0.632. The topological polar surface area (TPSA) is 125 Å². The summed E-state index contributed by atoms with van der Waals surface area (Å²) in [6.45, 7) is 14.2. The van der Waals surface area contributed by atoms with Crippen LogP contribution in [0, 0.1) is 23.2 Å². The maximum absolute atomic E-state index is 15.3. The van der Waals surface area contributed by atoms with Gasteiger partial charge in [-0.2, -0.15) is 0 Å². The highest BCUT2D eigenvalue weighted by atomic mass is 79.9. The third-order valence-electron chi connectivity index (χ3n) is 10.6. The predicted octanol–water partition coefficient (Wildman–Crippen LogP) is 5.06. The van der Waals surface area contributed by atoms with E-state index in [1.165, 1.54) is 0 Å². The molecule has 5 bridgehead atoms. The molecule has 11 heteroatoms. The number of allylic oxidation sites excluding steroid dienone is 1. The van der Waals surface area contributed by atoms with Crippen LogP contribution in [0.2, 0.25) is 0 Å². The zero-order valence-electron chi connectivity index (χ0n) is 29.8. The first kappa shape index (κ1) is 37.2. The third kappa shape index (κ3) is 7.13. The molecule has 2 saturated heterocycles. The normalized spacial score (nSPS) is 31.6. The van der Waals surface area contributed by atoms with E-state index in [0.717, 1.165) is 5.56 Å². The van der Waals surface area contributed by atoms with Crippen LogP contribution in [0.25, 0.3) is 0 Å². The van der Waals surface area contributed by atoms with Crippen molar-refractivity contribution in [1.29, 1.82) is 0 Å². The molecule has 0 radical (unpaired) electrons. The summed E-state index contributed by atoms with van der Waals surface area (Å²) < 4.78 is 13.0. The Hall–Kier alpha value is -3.02. The number of carbonyl (C=O) groups is 4. The second-order valence-electron chi connectivity index (χ2n) is 15.9. The molecule has 5 rings (SSSR count). The number of esters is 1. The van der Waals surface area contributed by atoms with E-state index in [1.807, 2.05) is 76.3 Å². The number of nitrogens with zero attached hydrogens (tertiary/aromatic N) is 2. The third-order valence-corrected chi connectivity index (χ3v) is 11.3. The maximum atomic E-state index is 15.3. The maximum Gasteiger partial charge on any atom is 0.306 e. The molecule has 4 aliphatic heterocycles. The van der Waals surface area contributed by atoms with Gasteiger partial charge in [0, 0.05) is 23.0 Å². The number of likely N-dealkylation sites (tertiary alicyclic amines) is 1. The van der Waals surface area contributed by atoms with Crippen LogP contribution in [0.4, 0.5) is 0 Å². The lowest BCUT2D eigenvalue weighted by Gasteiger charge is -2.46. The number of hydrogen-bond donors (Lipinski definition) is 2. The van der Waals surface area contributed by atoms with Crippen molar-refractivity contribution in [3.05, 3.63) is 58.6 Å². The molecule has 2 N–H and O–H groups in total. The SMILES string of the molecule is CC[C@H](C)[C@H](CO)N1C(=O)[C@H]2[C@@H]3C(=O)N[C@H](c4ccccc4)COC(=O)CC/C=C\CN(C(C)(C)CC(C)(C)C)C(=O)[C@H]1[C@@]21C=C(Br)[C@@H]3O1. The molecular weight excluding hydrogens is 690 g/mol. The lowest BCUT2D eigenvalue weighted by molar-refractivity contribution is -0.155. The summed E-state index contributed by atoms with van der Waals surface area (Å²) >= 11 is 3.65. The molecule has 4 aliphatic rings. The van der Waals surface area contributed by atoms with Crippen molar-refractivity contribution < 1.29 is 33.8 Å². The zero-order valence-corrected chi connectivity index (χ0v) is 31.4. The van der Waals surface area contributed by atoms with Crippen molar-refractivity contribution in [3.8, 4) is 0 Å². The summed E-state index contributed by atoms with van der Waals surface area (Å²) in [6.07, 6.45) is 6.66. The fourth-order valence-electron chi connectivity index (χ4n) is 8.50. The standard InChI is InChI=1S/C38H52BrN3O7/c1-8-23(2)27(20-43)42-32-35(47)41(37(6,7)22-36(3,4)5)18-14-10-13-17-28(44)48-21-26(24-15-11-9-12-16-24)40-33(45)29-30(34(42)46)38(32)19-25(39)31(29)49-38/h9-12,14-16,19,23,26-27,29-32,43H,8,13,17-18,20-22H2,1-7H3,(H,40,45)/b14-10-/t23-,26-,27-,29-,30+,31-,32-,38+/m0/s1. The Kier molecular flexibility index (Phi) is 10.9. The average Bonchev–Trinajstić information content (AvgIpc) is 3.63. The highest BCUT2D eigenvalue weighted by Gasteiger charge is 2.75. The second kappa shape index (κ2) is 14.3. The number of halogens is 1. The molecule has 1 spiro atoms. The van der Waals surface area contributed by atoms with Crippen LogP contribution in [0.1, 0.15) is 85.8 Å². The molecule has 1 aromatic carbocycles. The van der Waals surface area contributed by atoms with E-state index in [2.05, 4.69) is 42.0 Å². The highest BCUT2D eigenvalue weighted by molar-refractivity contribution is 9.11. The van der Waals surface area contributed by atoms with Gasteiger partial charge in [0.25, 0.3) is 0 Å². The minimum Gasteiger partial charge on any atom is -0.463 e. The van der Waals surface area contributed by atoms with Gasteiger partial charge in [0.1, 0.15) is 24.4 Å². The van der Waals surface area contributed by atoms with E-state index in [9.17, 15) is 19.5 Å². The number of cyclic esters (lactones) is 1.